The monoisotopic (exact) mass is 533 g/mol. The lowest BCUT2D eigenvalue weighted by Gasteiger charge is -2.38. The molecule has 0 atom stereocenters. The van der Waals surface area contributed by atoms with Gasteiger partial charge < -0.3 is 15.5 Å². The summed E-state index contributed by atoms with van der Waals surface area (Å²) in [5, 5.41) is 0. The molecule has 182 valence electrons. The highest BCUT2D eigenvalue weighted by Gasteiger charge is 2.45. The molecule has 9 heteroatoms. The van der Waals surface area contributed by atoms with Crippen LogP contribution in [0.15, 0.2) is 28.7 Å². The predicted molar refractivity (Wildman–Crippen MR) is 135 cm³/mol. The number of carbonyl (C=O) groups is 1. The summed E-state index contributed by atoms with van der Waals surface area (Å²) in [6, 6.07) is 7.57. The second-order valence-corrected chi connectivity index (χ2v) is 10.9. The van der Waals surface area contributed by atoms with Crippen molar-refractivity contribution in [2.45, 2.75) is 51.4 Å². The summed E-state index contributed by atoms with van der Waals surface area (Å²) < 4.78 is 28.6. The highest BCUT2D eigenvalue weighted by Crippen LogP contribution is 2.54. The number of nitrogen functional groups attached to an aromatic ring is 1. The number of aryl methyl sites for hydroxylation is 1. The predicted octanol–water partition coefficient (Wildman–Crippen LogP) is 5.65. The van der Waals surface area contributed by atoms with E-state index in [9.17, 15) is 13.6 Å². The van der Waals surface area contributed by atoms with E-state index in [2.05, 4.69) is 25.8 Å². The van der Waals surface area contributed by atoms with Crippen molar-refractivity contribution in [1.29, 1.82) is 0 Å². The molecule has 1 spiro atoms. The Kier molecular flexibility index (Phi) is 5.94. The van der Waals surface area contributed by atoms with Crippen LogP contribution in [0.5, 0.6) is 0 Å². The molecule has 3 heterocycles. The number of pyridine rings is 1. The lowest BCUT2D eigenvalue weighted by atomic mass is 9.93. The normalized spacial score (nSPS) is 20.9. The molecule has 0 bridgehead atoms. The van der Waals surface area contributed by atoms with Gasteiger partial charge in [0.1, 0.15) is 5.69 Å². The van der Waals surface area contributed by atoms with Gasteiger partial charge in [-0.15, -0.1) is 0 Å². The van der Waals surface area contributed by atoms with Crippen LogP contribution in [0.2, 0.25) is 0 Å². The van der Waals surface area contributed by atoms with Crippen molar-refractivity contribution >= 4 is 50.9 Å². The molecule has 6 nitrogen and oxygen atoms in total. The summed E-state index contributed by atoms with van der Waals surface area (Å²) >= 11 is 3.59. The summed E-state index contributed by atoms with van der Waals surface area (Å²) in [7, 11) is 0. The van der Waals surface area contributed by atoms with Gasteiger partial charge in [0.25, 0.3) is 5.92 Å². The van der Waals surface area contributed by atoms with E-state index in [0.717, 1.165) is 42.5 Å². The number of alkyl halides is 2. The van der Waals surface area contributed by atoms with E-state index in [-0.39, 0.29) is 25.9 Å². The van der Waals surface area contributed by atoms with Crippen LogP contribution in [0.3, 0.4) is 0 Å². The van der Waals surface area contributed by atoms with Gasteiger partial charge in [-0.25, -0.2) is 13.8 Å². The fraction of sp³-hybridized carbons (Fsp3) is 0.520. The van der Waals surface area contributed by atoms with Crippen molar-refractivity contribution < 1.29 is 13.6 Å². The molecular formula is C25H30BrF2N5O. The largest absolute Gasteiger partial charge is 0.397 e. The Morgan fingerprint density at radius 2 is 1.68 bits per heavy atom. The fourth-order valence-electron chi connectivity index (χ4n) is 5.27. The molecule has 3 aliphatic rings. The van der Waals surface area contributed by atoms with Crippen molar-refractivity contribution in [2.24, 2.45) is 5.41 Å². The van der Waals surface area contributed by atoms with E-state index in [0.29, 0.717) is 34.0 Å². The van der Waals surface area contributed by atoms with Crippen LogP contribution in [0.4, 0.5) is 37.3 Å². The molecule has 1 aliphatic carbocycles. The van der Waals surface area contributed by atoms with Crippen LogP contribution in [0, 0.1) is 12.3 Å². The van der Waals surface area contributed by atoms with Gasteiger partial charge in [-0.3, -0.25) is 9.69 Å². The Morgan fingerprint density at radius 3 is 2.29 bits per heavy atom. The molecule has 34 heavy (non-hydrogen) atoms. The Bertz CT molecular complexity index is 1090. The van der Waals surface area contributed by atoms with Gasteiger partial charge in [0.2, 0.25) is 6.41 Å². The van der Waals surface area contributed by atoms with Gasteiger partial charge in [-0.2, -0.15) is 0 Å². The number of nitrogens with two attached hydrogens (primary N) is 1. The van der Waals surface area contributed by atoms with E-state index in [4.69, 9.17) is 5.73 Å². The molecule has 2 aromatic rings. The second-order valence-electron chi connectivity index (χ2n) is 9.96. The molecule has 0 unspecified atom stereocenters. The molecule has 2 saturated heterocycles. The van der Waals surface area contributed by atoms with E-state index in [1.807, 2.05) is 30.0 Å². The third-order valence-electron chi connectivity index (χ3n) is 7.59. The summed E-state index contributed by atoms with van der Waals surface area (Å²) in [6.07, 6.45) is 5.20. The minimum absolute atomic E-state index is 0.157. The number of nitrogens with zero attached hydrogens (tertiary/aromatic N) is 4. The maximum Gasteiger partial charge on any atom is 0.251 e. The van der Waals surface area contributed by atoms with E-state index in [1.165, 1.54) is 17.7 Å². The summed E-state index contributed by atoms with van der Waals surface area (Å²) in [5.74, 6) is -2.20. The van der Waals surface area contributed by atoms with Gasteiger partial charge in [0.15, 0.2) is 5.82 Å². The SMILES string of the molecule is Cc1cc(N)c(N(C=O)c2ccc(Br)cc2N2CCC3(CC2)CC3)c(N2CCC(F)(F)CC2)n1. The molecule has 0 radical (unpaired) electrons. The Labute approximate surface area is 207 Å². The number of rotatable bonds is 5. The average molecular weight is 534 g/mol. The van der Waals surface area contributed by atoms with Gasteiger partial charge >= 0.3 is 0 Å². The minimum atomic E-state index is -2.68. The Morgan fingerprint density at radius 1 is 1.03 bits per heavy atom. The van der Waals surface area contributed by atoms with Crippen LogP contribution < -0.4 is 20.4 Å². The van der Waals surface area contributed by atoms with Gasteiger partial charge in [-0.05, 0) is 62.3 Å². The first-order valence-electron chi connectivity index (χ1n) is 11.9. The van der Waals surface area contributed by atoms with Gasteiger partial charge in [-0.1, -0.05) is 15.9 Å². The number of hydrogen-bond donors (Lipinski definition) is 1. The fourth-order valence-corrected chi connectivity index (χ4v) is 5.62. The van der Waals surface area contributed by atoms with Crippen LogP contribution in [0.25, 0.3) is 0 Å². The first-order chi connectivity index (χ1) is 16.2. The van der Waals surface area contributed by atoms with Crippen LogP contribution in [-0.4, -0.2) is 43.5 Å². The van der Waals surface area contributed by atoms with Crippen molar-refractivity contribution in [3.05, 3.63) is 34.4 Å². The van der Waals surface area contributed by atoms with Crippen molar-refractivity contribution in [3.63, 3.8) is 0 Å². The Hall–Kier alpha value is -2.42. The molecule has 2 aliphatic heterocycles. The summed E-state index contributed by atoms with van der Waals surface area (Å²) in [4.78, 5) is 22.9. The summed E-state index contributed by atoms with van der Waals surface area (Å²) in [6.45, 7) is 4.01. The standard InChI is InChI=1S/C25H30BrF2N5O/c1-17-14-19(29)22(23(30-17)32-12-8-25(27,28)9-13-32)33(16-34)20-3-2-18(26)15-21(20)31-10-6-24(4-5-24)7-11-31/h2-3,14-16H,4-13H2,1H3,(H2,29,30). The van der Waals surface area contributed by atoms with E-state index < -0.39 is 5.92 Å². The molecule has 5 rings (SSSR count). The van der Waals surface area contributed by atoms with Crippen molar-refractivity contribution in [1.82, 2.24) is 4.98 Å². The van der Waals surface area contributed by atoms with Gasteiger partial charge in [0, 0.05) is 49.2 Å². The molecule has 3 fully saturated rings. The van der Waals surface area contributed by atoms with Crippen LogP contribution in [0.1, 0.15) is 44.2 Å². The third kappa shape index (κ3) is 4.46. The number of benzene rings is 1. The second kappa shape index (κ2) is 8.66. The maximum atomic E-state index is 13.8. The zero-order valence-corrected chi connectivity index (χ0v) is 21.0. The zero-order chi connectivity index (χ0) is 24.1. The van der Waals surface area contributed by atoms with Crippen LogP contribution in [-0.2, 0) is 4.79 Å². The molecule has 2 N–H and O–H groups in total. The maximum absolute atomic E-state index is 13.8. The number of carbonyl (C=O) groups excluding carboxylic acids is 1. The highest BCUT2D eigenvalue weighted by molar-refractivity contribution is 9.10. The smallest absolute Gasteiger partial charge is 0.251 e. The minimum Gasteiger partial charge on any atom is -0.397 e. The third-order valence-corrected chi connectivity index (χ3v) is 8.08. The van der Waals surface area contributed by atoms with E-state index in [1.54, 1.807) is 6.07 Å². The molecule has 1 saturated carbocycles. The number of amides is 1. The van der Waals surface area contributed by atoms with Gasteiger partial charge in [0.05, 0.1) is 17.1 Å². The number of halogens is 3. The topological polar surface area (TPSA) is 65.7 Å². The molecule has 1 amide bonds. The van der Waals surface area contributed by atoms with E-state index >= 15 is 0 Å². The number of aromatic nitrogens is 1. The quantitative estimate of drug-likeness (QED) is 0.503. The first-order valence-corrected chi connectivity index (χ1v) is 12.7. The zero-order valence-electron chi connectivity index (χ0n) is 19.4. The lowest BCUT2D eigenvalue weighted by Crippen LogP contribution is -2.40. The van der Waals surface area contributed by atoms with Crippen LogP contribution >= 0.6 is 15.9 Å². The lowest BCUT2D eigenvalue weighted by molar-refractivity contribution is -0.106. The molecular weight excluding hydrogens is 504 g/mol. The Balaban J connectivity index is 1.54. The molecule has 1 aromatic carbocycles. The van der Waals surface area contributed by atoms with Crippen molar-refractivity contribution in [2.75, 3.05) is 46.6 Å². The molecule has 1 aromatic heterocycles. The summed E-state index contributed by atoms with van der Waals surface area (Å²) in [5.41, 5.74) is 10.2. The number of piperidine rings is 2. The number of anilines is 5. The van der Waals surface area contributed by atoms with Crippen molar-refractivity contribution in [3.8, 4) is 0 Å². The first kappa shape index (κ1) is 23.3. The average Bonchev–Trinajstić information content (AvgIpc) is 3.55. The number of hydrogen-bond acceptors (Lipinski definition) is 5. The highest BCUT2D eigenvalue weighted by atomic mass is 79.9.